The zero-order chi connectivity index (χ0) is 25.3. The summed E-state index contributed by atoms with van der Waals surface area (Å²) in [5.74, 6) is -1.58. The lowest BCUT2D eigenvalue weighted by Crippen LogP contribution is -2.57. The van der Waals surface area contributed by atoms with Crippen molar-refractivity contribution in [3.63, 3.8) is 0 Å². The molecule has 3 amide bonds. The molecule has 0 radical (unpaired) electrons. The Morgan fingerprint density at radius 3 is 2.21 bits per heavy atom. The Morgan fingerprint density at radius 2 is 1.71 bits per heavy atom. The third kappa shape index (κ3) is 7.58. The zero-order valence-corrected chi connectivity index (χ0v) is 19.9. The van der Waals surface area contributed by atoms with Crippen LogP contribution in [0.5, 0.6) is 0 Å². The van der Waals surface area contributed by atoms with Crippen LogP contribution >= 0.6 is 0 Å². The fraction of sp³-hybridized carbons (Fsp3) is 0.375. The van der Waals surface area contributed by atoms with Crippen molar-refractivity contribution in [1.29, 1.82) is 5.41 Å². The van der Waals surface area contributed by atoms with E-state index in [-0.39, 0.29) is 37.1 Å². The number of carbonyl (C=O) groups excluding carboxylic acids is 3. The van der Waals surface area contributed by atoms with E-state index in [1.165, 1.54) is 17.3 Å². The molecule has 1 aliphatic rings. The normalized spacial score (nSPS) is 15.5. The Hall–Kier alpha value is -3.95. The first-order valence-corrected chi connectivity index (χ1v) is 10.9. The number of aromatic nitrogens is 1. The number of rotatable bonds is 2. The highest BCUT2D eigenvalue weighted by atomic mass is 16.6. The number of piperazine rings is 1. The maximum absolute atomic E-state index is 12.5. The molecule has 1 fully saturated rings. The lowest BCUT2D eigenvalue weighted by atomic mass is 10.2. The van der Waals surface area contributed by atoms with Gasteiger partial charge in [0.2, 0.25) is 0 Å². The largest absolute Gasteiger partial charge is 0.444 e. The van der Waals surface area contributed by atoms with Crippen molar-refractivity contribution in [1.82, 2.24) is 14.8 Å². The molecule has 10 nitrogen and oxygen atoms in total. The topological polar surface area (TPSA) is 142 Å². The molecule has 3 rings (SSSR count). The minimum Gasteiger partial charge on any atom is -0.444 e. The standard InChI is InChI=1S/C18H26N6O4.C6H6/c1-11-10-23(5-6-24(11)17(27)28-18(2,3)4)16(26)15(25)22-13-9-21-8-12(7-19)14(13)20;1-2-4-6-5-3-1/h7-9,11,19H,5-6,10H2,1-4H3,(H2,20,21)(H,22,25);1-6H. The number of benzene rings is 1. The number of nitrogens with two attached hydrogens (primary N) is 1. The van der Waals surface area contributed by atoms with E-state index in [1.807, 2.05) is 36.4 Å². The molecule has 0 spiro atoms. The summed E-state index contributed by atoms with van der Waals surface area (Å²) in [6.07, 6.45) is 3.27. The van der Waals surface area contributed by atoms with Crippen molar-refractivity contribution >= 4 is 35.5 Å². The molecule has 34 heavy (non-hydrogen) atoms. The number of anilines is 2. The summed E-state index contributed by atoms with van der Waals surface area (Å²) < 4.78 is 5.37. The number of hydrogen-bond donors (Lipinski definition) is 3. The highest BCUT2D eigenvalue weighted by molar-refractivity contribution is 6.39. The molecular formula is C24H32N6O4. The van der Waals surface area contributed by atoms with E-state index in [1.54, 1.807) is 32.6 Å². The summed E-state index contributed by atoms with van der Waals surface area (Å²) in [7, 11) is 0. The van der Waals surface area contributed by atoms with E-state index >= 15 is 0 Å². The molecule has 10 heteroatoms. The number of nitrogens with one attached hydrogen (secondary N) is 2. The highest BCUT2D eigenvalue weighted by Gasteiger charge is 2.34. The van der Waals surface area contributed by atoms with Gasteiger partial charge in [-0.1, -0.05) is 36.4 Å². The minimum absolute atomic E-state index is 0.161. The quantitative estimate of drug-likeness (QED) is 0.457. The van der Waals surface area contributed by atoms with Crippen LogP contribution < -0.4 is 11.1 Å². The van der Waals surface area contributed by atoms with Gasteiger partial charge < -0.3 is 31.0 Å². The van der Waals surface area contributed by atoms with E-state index in [4.69, 9.17) is 15.9 Å². The second-order valence-electron chi connectivity index (χ2n) is 8.72. The molecular weight excluding hydrogens is 436 g/mol. The first-order chi connectivity index (χ1) is 16.0. The Kier molecular flexibility index (Phi) is 9.11. The Balaban J connectivity index is 0.000000589. The molecule has 1 saturated heterocycles. The van der Waals surface area contributed by atoms with E-state index in [0.29, 0.717) is 5.56 Å². The fourth-order valence-corrected chi connectivity index (χ4v) is 3.14. The number of nitrogen functional groups attached to an aromatic ring is 1. The molecule has 1 aliphatic heterocycles. The van der Waals surface area contributed by atoms with Gasteiger partial charge in [-0.15, -0.1) is 0 Å². The van der Waals surface area contributed by atoms with Crippen molar-refractivity contribution in [2.24, 2.45) is 0 Å². The lowest BCUT2D eigenvalue weighted by Gasteiger charge is -2.39. The van der Waals surface area contributed by atoms with Gasteiger partial charge in [-0.25, -0.2) is 4.79 Å². The van der Waals surface area contributed by atoms with E-state index in [0.717, 1.165) is 6.21 Å². The Labute approximate surface area is 199 Å². The molecule has 2 heterocycles. The van der Waals surface area contributed by atoms with Crippen LogP contribution in [0.1, 0.15) is 33.3 Å². The summed E-state index contributed by atoms with van der Waals surface area (Å²) in [6, 6.07) is 11.7. The summed E-state index contributed by atoms with van der Waals surface area (Å²) in [4.78, 5) is 43.9. The lowest BCUT2D eigenvalue weighted by molar-refractivity contribution is -0.145. The summed E-state index contributed by atoms with van der Waals surface area (Å²) in [5.41, 5.74) is 5.91. The van der Waals surface area contributed by atoms with Crippen LogP contribution in [0.3, 0.4) is 0 Å². The van der Waals surface area contributed by atoms with E-state index < -0.39 is 23.5 Å². The van der Waals surface area contributed by atoms with Gasteiger partial charge in [0.15, 0.2) is 0 Å². The molecule has 1 atom stereocenters. The van der Waals surface area contributed by atoms with E-state index in [2.05, 4.69) is 10.3 Å². The Bertz CT molecular complexity index is 980. The molecule has 2 aromatic rings. The average Bonchev–Trinajstić information content (AvgIpc) is 2.80. The van der Waals surface area contributed by atoms with E-state index in [9.17, 15) is 14.4 Å². The van der Waals surface area contributed by atoms with Crippen molar-refractivity contribution in [2.45, 2.75) is 39.3 Å². The van der Waals surface area contributed by atoms with Crippen LogP contribution in [0, 0.1) is 5.41 Å². The number of amides is 3. The minimum atomic E-state index is -0.853. The fourth-order valence-electron chi connectivity index (χ4n) is 3.14. The molecule has 1 unspecified atom stereocenters. The third-order valence-corrected chi connectivity index (χ3v) is 4.83. The van der Waals surface area contributed by atoms with Gasteiger partial charge in [-0.2, -0.15) is 0 Å². The van der Waals surface area contributed by atoms with Crippen molar-refractivity contribution in [3.05, 3.63) is 54.4 Å². The molecule has 1 aromatic heterocycles. The summed E-state index contributed by atoms with van der Waals surface area (Å²) >= 11 is 0. The van der Waals surface area contributed by atoms with Gasteiger partial charge in [-0.05, 0) is 27.7 Å². The zero-order valence-electron chi connectivity index (χ0n) is 19.9. The van der Waals surface area contributed by atoms with Gasteiger partial charge in [0.1, 0.15) is 5.60 Å². The summed E-state index contributed by atoms with van der Waals surface area (Å²) in [5, 5.41) is 9.70. The number of hydrogen-bond acceptors (Lipinski definition) is 7. The SMILES string of the molecule is CC1CN(C(=O)C(=O)Nc2cncc(C=N)c2N)CCN1C(=O)OC(C)(C)C.c1ccccc1. The number of pyridine rings is 1. The van der Waals surface area contributed by atoms with Crippen LogP contribution in [0.4, 0.5) is 16.2 Å². The predicted molar refractivity (Wildman–Crippen MR) is 131 cm³/mol. The highest BCUT2D eigenvalue weighted by Crippen LogP contribution is 2.20. The summed E-state index contributed by atoms with van der Waals surface area (Å²) in [6.45, 7) is 7.83. The molecule has 4 N–H and O–H groups in total. The molecule has 1 aromatic carbocycles. The van der Waals surface area contributed by atoms with Crippen LogP contribution in [0.25, 0.3) is 0 Å². The second kappa shape index (κ2) is 11.8. The molecule has 182 valence electrons. The van der Waals surface area contributed by atoms with Crippen LogP contribution in [0.15, 0.2) is 48.8 Å². The molecule has 0 aliphatic carbocycles. The van der Waals surface area contributed by atoms with Gasteiger partial charge in [0.05, 0.1) is 17.6 Å². The monoisotopic (exact) mass is 468 g/mol. The maximum atomic E-state index is 12.5. The van der Waals surface area contributed by atoms with Gasteiger partial charge in [-0.3, -0.25) is 14.6 Å². The first-order valence-electron chi connectivity index (χ1n) is 10.9. The number of ether oxygens (including phenoxy) is 1. The van der Waals surface area contributed by atoms with Gasteiger partial charge in [0.25, 0.3) is 0 Å². The van der Waals surface area contributed by atoms with Crippen molar-refractivity contribution in [3.8, 4) is 0 Å². The first kappa shape index (κ1) is 26.3. The van der Waals surface area contributed by atoms with Gasteiger partial charge >= 0.3 is 17.9 Å². The van der Waals surface area contributed by atoms with Crippen LogP contribution in [0.2, 0.25) is 0 Å². The second-order valence-corrected chi connectivity index (χ2v) is 8.72. The average molecular weight is 469 g/mol. The maximum Gasteiger partial charge on any atom is 0.410 e. The van der Waals surface area contributed by atoms with Crippen molar-refractivity contribution < 1.29 is 19.1 Å². The molecule has 0 saturated carbocycles. The smallest absolute Gasteiger partial charge is 0.410 e. The third-order valence-electron chi connectivity index (χ3n) is 4.83. The van der Waals surface area contributed by atoms with Crippen LogP contribution in [-0.2, 0) is 14.3 Å². The van der Waals surface area contributed by atoms with Crippen molar-refractivity contribution in [2.75, 3.05) is 30.7 Å². The number of nitrogens with zero attached hydrogens (tertiary/aromatic N) is 3. The Morgan fingerprint density at radius 1 is 1.12 bits per heavy atom. The predicted octanol–water partition coefficient (Wildman–Crippen LogP) is 2.75. The number of carbonyl (C=O) groups is 3. The van der Waals surface area contributed by atoms with Crippen LogP contribution in [-0.4, -0.2) is 70.2 Å². The molecule has 0 bridgehead atoms. The van der Waals surface area contributed by atoms with Gasteiger partial charge in [0, 0.05) is 43.7 Å².